The number of likely N-dealkylation sites (N-methyl/N-ethyl adjacent to an activating group) is 1. The molecular weight excluding hydrogens is 282 g/mol. The van der Waals surface area contributed by atoms with Crippen LogP contribution in [-0.4, -0.2) is 54.7 Å². The summed E-state index contributed by atoms with van der Waals surface area (Å²) in [6.07, 6.45) is 4.39. The molecule has 114 valence electrons. The number of benzene rings is 1. The maximum absolute atomic E-state index is 12.3. The van der Waals surface area contributed by atoms with Gasteiger partial charge in [0.05, 0.1) is 6.54 Å². The third-order valence-electron chi connectivity index (χ3n) is 4.44. The van der Waals surface area contributed by atoms with Gasteiger partial charge in [-0.15, -0.1) is 11.8 Å². The van der Waals surface area contributed by atoms with E-state index in [2.05, 4.69) is 52.7 Å². The largest absolute Gasteiger partial charge is 0.318 e. The van der Waals surface area contributed by atoms with Gasteiger partial charge in [-0.1, -0.05) is 12.1 Å². The molecule has 2 atom stereocenters. The van der Waals surface area contributed by atoms with E-state index in [1.807, 2.05) is 0 Å². The Labute approximate surface area is 130 Å². The standard InChI is InChI=1S/C16H23N3OS/c1-18-9-3-4-13(11-18)19-15(20)10-17-16(19)12-5-7-14(21-2)8-6-12/h5-8,13,16-17H,3-4,9-11H2,1-2H3. The van der Waals surface area contributed by atoms with Crippen molar-refractivity contribution in [3.05, 3.63) is 29.8 Å². The van der Waals surface area contributed by atoms with Gasteiger partial charge in [-0.05, 0) is 50.4 Å². The van der Waals surface area contributed by atoms with Crippen molar-refractivity contribution in [1.29, 1.82) is 0 Å². The van der Waals surface area contributed by atoms with Crippen LogP contribution in [0.3, 0.4) is 0 Å². The van der Waals surface area contributed by atoms with E-state index in [4.69, 9.17) is 0 Å². The molecule has 1 N–H and O–H groups in total. The van der Waals surface area contributed by atoms with Crippen LogP contribution in [0.4, 0.5) is 0 Å². The lowest BCUT2D eigenvalue weighted by molar-refractivity contribution is -0.131. The summed E-state index contributed by atoms with van der Waals surface area (Å²) in [6.45, 7) is 2.57. The molecule has 0 spiro atoms. The number of hydrogen-bond donors (Lipinski definition) is 1. The van der Waals surface area contributed by atoms with Gasteiger partial charge in [0, 0.05) is 17.5 Å². The van der Waals surface area contributed by atoms with Gasteiger partial charge < -0.3 is 9.80 Å². The van der Waals surface area contributed by atoms with Crippen LogP contribution in [0.2, 0.25) is 0 Å². The van der Waals surface area contributed by atoms with Crippen molar-refractivity contribution in [2.24, 2.45) is 0 Å². The first-order chi connectivity index (χ1) is 10.2. The summed E-state index contributed by atoms with van der Waals surface area (Å²) in [7, 11) is 2.14. The van der Waals surface area contributed by atoms with Crippen LogP contribution < -0.4 is 5.32 Å². The Morgan fingerprint density at radius 2 is 2.05 bits per heavy atom. The van der Waals surface area contributed by atoms with E-state index in [-0.39, 0.29) is 12.1 Å². The summed E-state index contributed by atoms with van der Waals surface area (Å²) in [6, 6.07) is 8.88. The van der Waals surface area contributed by atoms with Gasteiger partial charge in [0.15, 0.2) is 0 Å². The number of rotatable bonds is 3. The fourth-order valence-corrected chi connectivity index (χ4v) is 3.77. The molecule has 1 aromatic carbocycles. The van der Waals surface area contributed by atoms with Crippen LogP contribution in [0.15, 0.2) is 29.2 Å². The van der Waals surface area contributed by atoms with Crippen LogP contribution in [0, 0.1) is 0 Å². The highest BCUT2D eigenvalue weighted by atomic mass is 32.2. The Kier molecular flexibility index (Phi) is 4.52. The van der Waals surface area contributed by atoms with Gasteiger partial charge in [-0.2, -0.15) is 0 Å². The second-order valence-electron chi connectivity index (χ2n) is 5.92. The molecule has 0 saturated carbocycles. The van der Waals surface area contributed by atoms with Crippen LogP contribution >= 0.6 is 11.8 Å². The number of carbonyl (C=O) groups excluding carboxylic acids is 1. The molecule has 1 amide bonds. The van der Waals surface area contributed by atoms with Gasteiger partial charge in [0.2, 0.25) is 5.91 Å². The number of nitrogens with one attached hydrogen (secondary N) is 1. The third kappa shape index (κ3) is 3.10. The van der Waals surface area contributed by atoms with Crippen molar-refractivity contribution in [3.8, 4) is 0 Å². The number of likely N-dealkylation sites (tertiary alicyclic amines) is 1. The van der Waals surface area contributed by atoms with E-state index in [1.165, 1.54) is 16.9 Å². The predicted octanol–water partition coefficient (Wildman–Crippen LogP) is 1.93. The Morgan fingerprint density at radius 3 is 2.71 bits per heavy atom. The van der Waals surface area contributed by atoms with Crippen LogP contribution in [0.5, 0.6) is 0 Å². The number of thioether (sulfide) groups is 1. The van der Waals surface area contributed by atoms with Crippen LogP contribution in [0.25, 0.3) is 0 Å². The summed E-state index contributed by atoms with van der Waals surface area (Å²) in [5.74, 6) is 0.231. The molecule has 2 aliphatic heterocycles. The van der Waals surface area contributed by atoms with E-state index in [0.717, 1.165) is 19.5 Å². The summed E-state index contributed by atoms with van der Waals surface area (Å²) in [5.41, 5.74) is 1.19. The Balaban J connectivity index is 1.81. The minimum absolute atomic E-state index is 0.0323. The summed E-state index contributed by atoms with van der Waals surface area (Å²) in [5, 5.41) is 3.37. The van der Waals surface area contributed by atoms with Crippen molar-refractivity contribution in [2.75, 3.05) is 32.9 Å². The summed E-state index contributed by atoms with van der Waals surface area (Å²) < 4.78 is 0. The van der Waals surface area contributed by atoms with E-state index in [9.17, 15) is 4.79 Å². The monoisotopic (exact) mass is 305 g/mol. The molecule has 0 aromatic heterocycles. The minimum atomic E-state index is 0.0323. The fourth-order valence-electron chi connectivity index (χ4n) is 3.36. The zero-order valence-electron chi connectivity index (χ0n) is 12.7. The maximum Gasteiger partial charge on any atom is 0.238 e. The van der Waals surface area contributed by atoms with E-state index in [0.29, 0.717) is 12.6 Å². The summed E-state index contributed by atoms with van der Waals surface area (Å²) >= 11 is 1.74. The maximum atomic E-state index is 12.3. The highest BCUT2D eigenvalue weighted by molar-refractivity contribution is 7.98. The average Bonchev–Trinajstić information content (AvgIpc) is 2.89. The van der Waals surface area contributed by atoms with Gasteiger partial charge in [-0.3, -0.25) is 10.1 Å². The number of piperidine rings is 1. The number of nitrogens with zero attached hydrogens (tertiary/aromatic N) is 2. The Hall–Kier alpha value is -1.04. The smallest absolute Gasteiger partial charge is 0.238 e. The van der Waals surface area contributed by atoms with Crippen molar-refractivity contribution in [1.82, 2.24) is 15.1 Å². The van der Waals surface area contributed by atoms with Gasteiger partial charge >= 0.3 is 0 Å². The fraction of sp³-hybridized carbons (Fsp3) is 0.562. The molecule has 0 aliphatic carbocycles. The number of hydrogen-bond acceptors (Lipinski definition) is 4. The molecule has 4 nitrogen and oxygen atoms in total. The molecule has 2 aliphatic rings. The quantitative estimate of drug-likeness (QED) is 0.866. The molecule has 5 heteroatoms. The lowest BCUT2D eigenvalue weighted by atomic mass is 10.0. The molecule has 2 heterocycles. The summed E-state index contributed by atoms with van der Waals surface area (Å²) in [4.78, 5) is 18.0. The number of amides is 1. The molecule has 21 heavy (non-hydrogen) atoms. The molecule has 2 saturated heterocycles. The number of carbonyl (C=O) groups is 1. The van der Waals surface area contributed by atoms with E-state index in [1.54, 1.807) is 11.8 Å². The van der Waals surface area contributed by atoms with Gasteiger partial charge in [0.1, 0.15) is 6.17 Å². The second-order valence-corrected chi connectivity index (χ2v) is 6.80. The Morgan fingerprint density at radius 1 is 1.29 bits per heavy atom. The van der Waals surface area contributed by atoms with Crippen molar-refractivity contribution >= 4 is 17.7 Å². The van der Waals surface area contributed by atoms with Gasteiger partial charge in [0.25, 0.3) is 0 Å². The molecule has 0 radical (unpaired) electrons. The van der Waals surface area contributed by atoms with Crippen LogP contribution in [0.1, 0.15) is 24.6 Å². The molecule has 1 aromatic rings. The SMILES string of the molecule is CSc1ccc(C2NCC(=O)N2C2CCCN(C)C2)cc1. The highest BCUT2D eigenvalue weighted by Gasteiger charge is 2.37. The topological polar surface area (TPSA) is 35.6 Å². The molecule has 3 rings (SSSR count). The van der Waals surface area contributed by atoms with E-state index < -0.39 is 0 Å². The van der Waals surface area contributed by atoms with Crippen LogP contribution in [-0.2, 0) is 4.79 Å². The molecular formula is C16H23N3OS. The molecule has 2 unspecified atom stereocenters. The first-order valence-electron chi connectivity index (χ1n) is 7.56. The van der Waals surface area contributed by atoms with Crippen molar-refractivity contribution < 1.29 is 4.79 Å². The first-order valence-corrected chi connectivity index (χ1v) is 8.78. The zero-order valence-corrected chi connectivity index (χ0v) is 13.5. The minimum Gasteiger partial charge on any atom is -0.318 e. The second kappa shape index (κ2) is 6.38. The predicted molar refractivity (Wildman–Crippen MR) is 86.3 cm³/mol. The molecule has 0 bridgehead atoms. The lowest BCUT2D eigenvalue weighted by Gasteiger charge is -2.38. The third-order valence-corrected chi connectivity index (χ3v) is 5.18. The van der Waals surface area contributed by atoms with Crippen molar-refractivity contribution in [2.45, 2.75) is 29.9 Å². The van der Waals surface area contributed by atoms with Gasteiger partial charge in [-0.25, -0.2) is 0 Å². The lowest BCUT2D eigenvalue weighted by Crippen LogP contribution is -2.48. The zero-order chi connectivity index (χ0) is 14.8. The first kappa shape index (κ1) is 14.9. The molecule has 2 fully saturated rings. The Bertz CT molecular complexity index is 505. The van der Waals surface area contributed by atoms with E-state index >= 15 is 0 Å². The average molecular weight is 305 g/mol. The normalized spacial score (nSPS) is 27.3. The highest BCUT2D eigenvalue weighted by Crippen LogP contribution is 2.29. The van der Waals surface area contributed by atoms with Crippen molar-refractivity contribution in [3.63, 3.8) is 0 Å².